The number of ether oxygens (including phenoxy) is 2. The first-order valence-electron chi connectivity index (χ1n) is 11.6. The number of ketones is 1. The van der Waals surface area contributed by atoms with Gasteiger partial charge in [-0.3, -0.25) is 4.79 Å². The molecule has 5 heteroatoms. The van der Waals surface area contributed by atoms with Crippen LogP contribution < -0.4 is 9.47 Å². The lowest BCUT2D eigenvalue weighted by molar-refractivity contribution is 0.0733. The summed E-state index contributed by atoms with van der Waals surface area (Å²) in [6.45, 7) is 8.16. The van der Waals surface area contributed by atoms with Gasteiger partial charge in [-0.2, -0.15) is 0 Å². The fourth-order valence-electron chi connectivity index (χ4n) is 4.37. The average Bonchev–Trinajstić information content (AvgIpc) is 3.32. The van der Waals surface area contributed by atoms with Crippen LogP contribution in [0.5, 0.6) is 11.5 Å². The minimum Gasteiger partial charge on any atom is -0.452 e. The van der Waals surface area contributed by atoms with Crippen LogP contribution in [0.1, 0.15) is 58.2 Å². The Hall–Kier alpha value is -4.12. The van der Waals surface area contributed by atoms with Gasteiger partial charge in [-0.1, -0.05) is 51.1 Å². The van der Waals surface area contributed by atoms with Crippen molar-refractivity contribution >= 4 is 28.7 Å². The molecule has 1 aliphatic rings. The molecule has 0 radical (unpaired) electrons. The number of hydrogen-bond acceptors (Lipinski definition) is 4. The first-order valence-corrected chi connectivity index (χ1v) is 11.6. The van der Waals surface area contributed by atoms with Crippen LogP contribution >= 0.6 is 0 Å². The number of esters is 1. The molecule has 0 saturated heterocycles. The molecule has 4 aromatic rings. The van der Waals surface area contributed by atoms with Crippen LogP contribution in [0.25, 0.3) is 17.0 Å². The molecule has 0 N–H and O–H groups in total. The monoisotopic (exact) mass is 465 g/mol. The molecule has 0 amide bonds. The molecule has 2 heterocycles. The molecule has 1 aliphatic heterocycles. The minimum atomic E-state index is -0.454. The lowest BCUT2D eigenvalue weighted by Gasteiger charge is -2.19. The number of hydrogen-bond donors (Lipinski definition) is 0. The number of aromatic nitrogens is 1. The SMILES string of the molecule is Cc1c(OC(=O)c2ccc(C(C)(C)C)cc2)ccc2c1O/C(=C/c1cn(C)c3ccccc13)C2=O. The van der Waals surface area contributed by atoms with Crippen molar-refractivity contribution in [1.82, 2.24) is 4.57 Å². The van der Waals surface area contributed by atoms with Crippen molar-refractivity contribution in [3.63, 3.8) is 0 Å². The molecular formula is C30H27NO4. The van der Waals surface area contributed by atoms with Gasteiger partial charge in [-0.25, -0.2) is 4.79 Å². The largest absolute Gasteiger partial charge is 0.452 e. The maximum atomic E-state index is 13.1. The zero-order chi connectivity index (χ0) is 24.9. The van der Waals surface area contributed by atoms with Gasteiger partial charge in [0.2, 0.25) is 5.78 Å². The second-order valence-electron chi connectivity index (χ2n) is 9.93. The van der Waals surface area contributed by atoms with Gasteiger partial charge in [-0.05, 0) is 54.3 Å². The lowest BCUT2D eigenvalue weighted by Crippen LogP contribution is -2.13. The third-order valence-electron chi connectivity index (χ3n) is 6.44. The second kappa shape index (κ2) is 8.27. The Morgan fingerprint density at radius 2 is 1.71 bits per heavy atom. The minimum absolute atomic E-state index is 0.000145. The zero-order valence-corrected chi connectivity index (χ0v) is 20.5. The summed E-state index contributed by atoms with van der Waals surface area (Å²) in [7, 11) is 1.97. The van der Waals surface area contributed by atoms with Crippen LogP contribution in [0.4, 0.5) is 0 Å². The fraction of sp³-hybridized carbons (Fsp3) is 0.200. The van der Waals surface area contributed by atoms with E-state index in [-0.39, 0.29) is 17.0 Å². The van der Waals surface area contributed by atoms with Crippen molar-refractivity contribution in [2.24, 2.45) is 7.05 Å². The Bertz CT molecular complexity index is 1510. The Kier molecular flexibility index (Phi) is 5.36. The highest BCUT2D eigenvalue weighted by molar-refractivity contribution is 6.15. The number of fused-ring (bicyclic) bond motifs is 2. The number of carbonyl (C=O) groups is 2. The van der Waals surface area contributed by atoms with Crippen molar-refractivity contribution in [2.45, 2.75) is 33.1 Å². The van der Waals surface area contributed by atoms with E-state index >= 15 is 0 Å². The van der Waals surface area contributed by atoms with E-state index in [0.717, 1.165) is 22.0 Å². The van der Waals surface area contributed by atoms with Gasteiger partial charge in [0.25, 0.3) is 0 Å². The zero-order valence-electron chi connectivity index (χ0n) is 20.5. The summed E-state index contributed by atoms with van der Waals surface area (Å²) in [6, 6.07) is 18.7. The molecule has 0 aliphatic carbocycles. The summed E-state index contributed by atoms with van der Waals surface area (Å²) in [4.78, 5) is 25.8. The topological polar surface area (TPSA) is 57.5 Å². The van der Waals surface area contributed by atoms with E-state index < -0.39 is 5.97 Å². The predicted octanol–water partition coefficient (Wildman–Crippen LogP) is 6.62. The highest BCUT2D eigenvalue weighted by Crippen LogP contribution is 2.40. The molecule has 0 spiro atoms. The van der Waals surface area contributed by atoms with Crippen molar-refractivity contribution < 1.29 is 19.1 Å². The van der Waals surface area contributed by atoms with Gasteiger partial charge in [0.15, 0.2) is 5.76 Å². The van der Waals surface area contributed by atoms with E-state index in [1.54, 1.807) is 37.3 Å². The number of carbonyl (C=O) groups excluding carboxylic acids is 2. The molecule has 5 nitrogen and oxygen atoms in total. The highest BCUT2D eigenvalue weighted by atomic mass is 16.5. The van der Waals surface area contributed by atoms with E-state index in [4.69, 9.17) is 9.47 Å². The number of Topliss-reactive ketones (excluding diaryl/α,β-unsaturated/α-hetero) is 1. The van der Waals surface area contributed by atoms with Crippen molar-refractivity contribution in [1.29, 1.82) is 0 Å². The van der Waals surface area contributed by atoms with E-state index in [9.17, 15) is 9.59 Å². The normalized spacial score (nSPS) is 14.3. The lowest BCUT2D eigenvalue weighted by atomic mass is 9.87. The quantitative estimate of drug-likeness (QED) is 0.194. The maximum Gasteiger partial charge on any atom is 0.343 e. The molecule has 0 saturated carbocycles. The van der Waals surface area contributed by atoms with E-state index in [2.05, 4.69) is 20.8 Å². The second-order valence-corrected chi connectivity index (χ2v) is 9.93. The Balaban J connectivity index is 1.41. The smallest absolute Gasteiger partial charge is 0.343 e. The first kappa shape index (κ1) is 22.7. The Morgan fingerprint density at radius 3 is 2.43 bits per heavy atom. The summed E-state index contributed by atoms with van der Waals surface area (Å²) < 4.78 is 13.7. The molecule has 1 aromatic heterocycles. The summed E-state index contributed by atoms with van der Waals surface area (Å²) >= 11 is 0. The van der Waals surface area contributed by atoms with Crippen LogP contribution in [-0.2, 0) is 12.5 Å². The fourth-order valence-corrected chi connectivity index (χ4v) is 4.37. The molecule has 5 rings (SSSR count). The molecule has 0 bridgehead atoms. The molecule has 0 atom stereocenters. The summed E-state index contributed by atoms with van der Waals surface area (Å²) in [6.07, 6.45) is 3.74. The summed E-state index contributed by atoms with van der Waals surface area (Å²) in [5.74, 6) is 0.402. The van der Waals surface area contributed by atoms with Gasteiger partial charge in [-0.15, -0.1) is 0 Å². The highest BCUT2D eigenvalue weighted by Gasteiger charge is 2.31. The third kappa shape index (κ3) is 4.03. The average molecular weight is 466 g/mol. The van der Waals surface area contributed by atoms with Gasteiger partial charge < -0.3 is 14.0 Å². The van der Waals surface area contributed by atoms with Crippen LogP contribution in [0.2, 0.25) is 0 Å². The molecule has 0 unspecified atom stereocenters. The van der Waals surface area contributed by atoms with Gasteiger partial charge in [0.05, 0.1) is 11.1 Å². The number of aryl methyl sites for hydroxylation is 1. The van der Waals surface area contributed by atoms with Gasteiger partial charge >= 0.3 is 5.97 Å². The van der Waals surface area contributed by atoms with Crippen LogP contribution in [0, 0.1) is 6.92 Å². The third-order valence-corrected chi connectivity index (χ3v) is 6.44. The first-order chi connectivity index (χ1) is 16.6. The van der Waals surface area contributed by atoms with Crippen LogP contribution in [0.15, 0.2) is 72.6 Å². The number of rotatable bonds is 3. The standard InChI is InChI=1S/C30H27NO4/c1-18-25(35-29(33)19-10-12-21(13-11-19)30(2,3)4)15-14-23-27(32)26(34-28(18)23)16-20-17-31(5)24-9-7-6-8-22(20)24/h6-17H,1-5H3/b26-16+. The van der Waals surface area contributed by atoms with E-state index in [1.165, 1.54) is 0 Å². The summed E-state index contributed by atoms with van der Waals surface area (Å²) in [5, 5.41) is 1.04. The van der Waals surface area contributed by atoms with E-state index in [1.807, 2.05) is 54.2 Å². The van der Waals surface area contributed by atoms with E-state index in [0.29, 0.717) is 28.2 Å². The number of allylic oxidation sites excluding steroid dienone is 1. The molecule has 176 valence electrons. The van der Waals surface area contributed by atoms with Crippen LogP contribution in [-0.4, -0.2) is 16.3 Å². The number of nitrogens with zero attached hydrogens (tertiary/aromatic N) is 1. The van der Waals surface area contributed by atoms with Crippen molar-refractivity contribution in [2.75, 3.05) is 0 Å². The molecule has 0 fully saturated rings. The van der Waals surface area contributed by atoms with Gasteiger partial charge in [0.1, 0.15) is 11.5 Å². The predicted molar refractivity (Wildman–Crippen MR) is 137 cm³/mol. The van der Waals surface area contributed by atoms with Crippen molar-refractivity contribution in [3.05, 3.63) is 100 Å². The molecule has 35 heavy (non-hydrogen) atoms. The van der Waals surface area contributed by atoms with Crippen molar-refractivity contribution in [3.8, 4) is 11.5 Å². The maximum absolute atomic E-state index is 13.1. The Morgan fingerprint density at radius 1 is 1.00 bits per heavy atom. The number of para-hydroxylation sites is 1. The Labute approximate surface area is 204 Å². The van der Waals surface area contributed by atoms with Crippen LogP contribution in [0.3, 0.4) is 0 Å². The molecule has 3 aromatic carbocycles. The molecular weight excluding hydrogens is 438 g/mol. The number of benzene rings is 3. The van der Waals surface area contributed by atoms with Gasteiger partial charge in [0, 0.05) is 35.3 Å². The summed E-state index contributed by atoms with van der Waals surface area (Å²) in [5.41, 5.74) is 4.65.